The summed E-state index contributed by atoms with van der Waals surface area (Å²) in [5.74, 6) is 0. The van der Waals surface area contributed by atoms with Crippen LogP contribution in [0.15, 0.2) is 45.7 Å². The van der Waals surface area contributed by atoms with E-state index in [4.69, 9.17) is 0 Å². The molecule has 0 N–H and O–H groups in total. The van der Waals surface area contributed by atoms with Crippen molar-refractivity contribution in [2.75, 3.05) is 0 Å². The van der Waals surface area contributed by atoms with Gasteiger partial charge in [0.1, 0.15) is 4.60 Å². The molecule has 2 aromatic rings. The van der Waals surface area contributed by atoms with E-state index in [0.29, 0.717) is 0 Å². The van der Waals surface area contributed by atoms with Gasteiger partial charge in [-0.1, -0.05) is 0 Å². The molecule has 0 bridgehead atoms. The predicted molar refractivity (Wildman–Crippen MR) is 62.9 cm³/mol. The van der Waals surface area contributed by atoms with Gasteiger partial charge >= 0.3 is 0 Å². The highest BCUT2D eigenvalue weighted by Crippen LogP contribution is 2.24. The molecule has 14 heavy (non-hydrogen) atoms. The highest BCUT2D eigenvalue weighted by molar-refractivity contribution is 9.13. The van der Waals surface area contributed by atoms with Crippen LogP contribution in [0.1, 0.15) is 0 Å². The lowest BCUT2D eigenvalue weighted by atomic mass is 10.2. The summed E-state index contributed by atoms with van der Waals surface area (Å²) >= 11 is 6.74. The Kier molecular flexibility index (Phi) is 2.93. The summed E-state index contributed by atoms with van der Waals surface area (Å²) in [4.78, 5) is 8.42. The minimum absolute atomic E-state index is 0.804. The molecule has 2 rings (SSSR count). The Hall–Kier alpha value is -0.740. The number of pyridine rings is 2. The Morgan fingerprint density at radius 1 is 1.07 bits per heavy atom. The second-order valence-corrected chi connectivity index (χ2v) is 4.32. The molecule has 70 valence electrons. The fourth-order valence-corrected chi connectivity index (χ4v) is 1.64. The van der Waals surface area contributed by atoms with Crippen LogP contribution in [0.25, 0.3) is 11.3 Å². The average molecular weight is 314 g/mol. The van der Waals surface area contributed by atoms with Crippen molar-refractivity contribution >= 4 is 31.9 Å². The maximum atomic E-state index is 4.37. The third-order valence-electron chi connectivity index (χ3n) is 1.76. The summed E-state index contributed by atoms with van der Waals surface area (Å²) < 4.78 is 1.75. The average Bonchev–Trinajstić information content (AvgIpc) is 2.23. The van der Waals surface area contributed by atoms with Crippen LogP contribution in [0.2, 0.25) is 0 Å². The molecule has 2 heterocycles. The van der Waals surface area contributed by atoms with Crippen molar-refractivity contribution in [2.24, 2.45) is 0 Å². The van der Waals surface area contributed by atoms with Gasteiger partial charge in [-0.25, -0.2) is 4.98 Å². The molecule has 0 amide bonds. The van der Waals surface area contributed by atoms with E-state index in [1.165, 1.54) is 0 Å². The van der Waals surface area contributed by atoms with Gasteiger partial charge in [-0.15, -0.1) is 0 Å². The smallest absolute Gasteiger partial charge is 0.120 e. The number of hydrogen-bond donors (Lipinski definition) is 0. The van der Waals surface area contributed by atoms with E-state index in [2.05, 4.69) is 41.8 Å². The van der Waals surface area contributed by atoms with Gasteiger partial charge in [0, 0.05) is 18.0 Å². The number of halogens is 2. The molecule has 0 saturated heterocycles. The van der Waals surface area contributed by atoms with Crippen molar-refractivity contribution < 1.29 is 0 Å². The first-order chi connectivity index (χ1) is 6.77. The van der Waals surface area contributed by atoms with Crippen LogP contribution in [0.3, 0.4) is 0 Å². The van der Waals surface area contributed by atoms with Crippen molar-refractivity contribution in [1.82, 2.24) is 9.97 Å². The molecule has 0 aliphatic rings. The second kappa shape index (κ2) is 4.19. The lowest BCUT2D eigenvalue weighted by molar-refractivity contribution is 1.24. The van der Waals surface area contributed by atoms with Crippen LogP contribution in [0.4, 0.5) is 0 Å². The highest BCUT2D eigenvalue weighted by Gasteiger charge is 2.02. The maximum Gasteiger partial charge on any atom is 0.120 e. The lowest BCUT2D eigenvalue weighted by Gasteiger charge is -2.01. The highest BCUT2D eigenvalue weighted by atomic mass is 79.9. The minimum atomic E-state index is 0.804. The maximum absolute atomic E-state index is 4.37. The van der Waals surface area contributed by atoms with Gasteiger partial charge in [0.25, 0.3) is 0 Å². The van der Waals surface area contributed by atoms with E-state index < -0.39 is 0 Å². The molecule has 0 spiro atoms. The van der Waals surface area contributed by atoms with Crippen LogP contribution in [0.5, 0.6) is 0 Å². The third kappa shape index (κ3) is 2.01. The number of hydrogen-bond acceptors (Lipinski definition) is 2. The molecule has 4 heteroatoms. The summed E-state index contributed by atoms with van der Waals surface area (Å²) in [6.45, 7) is 0. The molecule has 0 atom stereocenters. The van der Waals surface area contributed by atoms with Crippen molar-refractivity contribution in [1.29, 1.82) is 0 Å². The summed E-state index contributed by atoms with van der Waals surface area (Å²) in [5, 5.41) is 0. The first-order valence-electron chi connectivity index (χ1n) is 4.00. The summed E-state index contributed by atoms with van der Waals surface area (Å²) in [6.07, 6.45) is 3.54. The molecule has 2 aromatic heterocycles. The quantitative estimate of drug-likeness (QED) is 0.751. The number of aromatic nitrogens is 2. The number of rotatable bonds is 1. The van der Waals surface area contributed by atoms with E-state index in [0.717, 1.165) is 20.3 Å². The topological polar surface area (TPSA) is 25.8 Å². The normalized spacial score (nSPS) is 10.1. The summed E-state index contributed by atoms with van der Waals surface area (Å²) in [6, 6.07) is 7.79. The summed E-state index contributed by atoms with van der Waals surface area (Å²) in [7, 11) is 0. The van der Waals surface area contributed by atoms with E-state index in [1.807, 2.05) is 24.3 Å². The molecule has 0 aliphatic carbocycles. The fourth-order valence-electron chi connectivity index (χ4n) is 1.09. The minimum Gasteiger partial charge on any atom is -0.264 e. The van der Waals surface area contributed by atoms with Crippen molar-refractivity contribution in [3.63, 3.8) is 0 Å². The molecular weight excluding hydrogens is 308 g/mol. The van der Waals surface area contributed by atoms with Crippen LogP contribution in [-0.4, -0.2) is 9.97 Å². The zero-order valence-electron chi connectivity index (χ0n) is 7.11. The second-order valence-electron chi connectivity index (χ2n) is 2.71. The molecule has 0 radical (unpaired) electrons. The van der Waals surface area contributed by atoms with E-state index >= 15 is 0 Å². The molecule has 0 unspecified atom stereocenters. The lowest BCUT2D eigenvalue weighted by Crippen LogP contribution is -1.85. The van der Waals surface area contributed by atoms with Crippen LogP contribution in [-0.2, 0) is 0 Å². The van der Waals surface area contributed by atoms with E-state index in [-0.39, 0.29) is 0 Å². The Morgan fingerprint density at radius 3 is 2.57 bits per heavy atom. The van der Waals surface area contributed by atoms with Gasteiger partial charge in [-0.3, -0.25) is 4.98 Å². The summed E-state index contributed by atoms with van der Waals surface area (Å²) in [5.41, 5.74) is 1.92. The zero-order chi connectivity index (χ0) is 9.97. The van der Waals surface area contributed by atoms with Crippen molar-refractivity contribution in [3.05, 3.63) is 45.7 Å². The number of nitrogens with zero attached hydrogens (tertiary/aromatic N) is 2. The molecule has 0 aliphatic heterocycles. The Labute approximate surface area is 98.7 Å². The van der Waals surface area contributed by atoms with Gasteiger partial charge in [0.05, 0.1) is 10.2 Å². The van der Waals surface area contributed by atoms with Crippen LogP contribution in [0, 0.1) is 0 Å². The van der Waals surface area contributed by atoms with Gasteiger partial charge in [-0.05, 0) is 56.1 Å². The van der Waals surface area contributed by atoms with Gasteiger partial charge < -0.3 is 0 Å². The van der Waals surface area contributed by atoms with E-state index in [9.17, 15) is 0 Å². The van der Waals surface area contributed by atoms with Gasteiger partial charge in [-0.2, -0.15) is 0 Å². The first-order valence-corrected chi connectivity index (χ1v) is 5.58. The van der Waals surface area contributed by atoms with Crippen molar-refractivity contribution in [2.45, 2.75) is 0 Å². The van der Waals surface area contributed by atoms with Gasteiger partial charge in [0.15, 0.2) is 0 Å². The van der Waals surface area contributed by atoms with Crippen LogP contribution >= 0.6 is 31.9 Å². The third-order valence-corrected chi connectivity index (χ3v) is 3.54. The first kappa shape index (κ1) is 9.80. The molecule has 2 nitrogen and oxygen atoms in total. The molecular formula is C10H6Br2N2. The monoisotopic (exact) mass is 312 g/mol. The molecule has 0 fully saturated rings. The standard InChI is InChI=1S/C10H6Br2N2/c11-8-3-4-9(14-10(8)12)7-2-1-5-13-6-7/h1-6H. The zero-order valence-corrected chi connectivity index (χ0v) is 10.3. The largest absolute Gasteiger partial charge is 0.264 e. The predicted octanol–water partition coefficient (Wildman–Crippen LogP) is 3.67. The van der Waals surface area contributed by atoms with E-state index in [1.54, 1.807) is 12.4 Å². The molecule has 0 aromatic carbocycles. The molecule has 0 saturated carbocycles. The fraction of sp³-hybridized carbons (Fsp3) is 0. The SMILES string of the molecule is Brc1ccc(-c2cccnc2)nc1Br. The van der Waals surface area contributed by atoms with Crippen molar-refractivity contribution in [3.8, 4) is 11.3 Å². The Balaban J connectivity index is 2.48. The Bertz CT molecular complexity index is 443. The van der Waals surface area contributed by atoms with Crippen LogP contribution < -0.4 is 0 Å². The Morgan fingerprint density at radius 2 is 1.93 bits per heavy atom. The van der Waals surface area contributed by atoms with Gasteiger partial charge in [0.2, 0.25) is 0 Å².